The zero-order valence-electron chi connectivity index (χ0n) is 11.7. The van der Waals surface area contributed by atoms with Crippen molar-refractivity contribution in [3.05, 3.63) is 34.3 Å². The molecule has 0 atom stereocenters. The van der Waals surface area contributed by atoms with Crippen LogP contribution in [0.4, 0.5) is 0 Å². The van der Waals surface area contributed by atoms with Crippen LogP contribution in [0.1, 0.15) is 32.3 Å². The first kappa shape index (κ1) is 15.0. The fourth-order valence-electron chi connectivity index (χ4n) is 2.24. The molecule has 0 unspecified atom stereocenters. The van der Waals surface area contributed by atoms with Crippen LogP contribution in [0.5, 0.6) is 0 Å². The first-order valence-corrected chi connectivity index (χ1v) is 7.57. The Bertz CT molecular complexity index is 507. The van der Waals surface area contributed by atoms with E-state index in [1.165, 1.54) is 0 Å². The molecule has 5 heteroatoms. The molecule has 1 aliphatic carbocycles. The molecule has 0 saturated heterocycles. The van der Waals surface area contributed by atoms with E-state index in [0.29, 0.717) is 0 Å². The number of hydrogen-bond donors (Lipinski definition) is 2. The van der Waals surface area contributed by atoms with Crippen molar-refractivity contribution in [1.82, 2.24) is 10.6 Å². The third-order valence-corrected chi connectivity index (χ3v) is 3.97. The van der Waals surface area contributed by atoms with Crippen molar-refractivity contribution in [2.45, 2.75) is 38.1 Å². The van der Waals surface area contributed by atoms with Gasteiger partial charge < -0.3 is 10.6 Å². The van der Waals surface area contributed by atoms with Gasteiger partial charge in [0.15, 0.2) is 0 Å². The predicted octanol–water partition coefficient (Wildman–Crippen LogP) is 2.12. The molecule has 1 aliphatic rings. The molecule has 1 saturated carbocycles. The van der Waals surface area contributed by atoms with Crippen LogP contribution in [0.25, 0.3) is 0 Å². The van der Waals surface area contributed by atoms with Gasteiger partial charge in [0.2, 0.25) is 11.8 Å². The zero-order valence-corrected chi connectivity index (χ0v) is 13.3. The van der Waals surface area contributed by atoms with Crippen molar-refractivity contribution < 1.29 is 9.59 Å². The molecule has 1 fully saturated rings. The first-order chi connectivity index (χ1) is 9.44. The van der Waals surface area contributed by atoms with E-state index in [1.54, 1.807) is 0 Å². The Morgan fingerprint density at radius 3 is 2.35 bits per heavy atom. The highest BCUT2D eigenvalue weighted by Gasteiger charge is 2.51. The topological polar surface area (TPSA) is 58.2 Å². The SMILES string of the molecule is CC(C)NC(=O)CNC(=O)C1(c2ccc(Br)cc2)CC1. The lowest BCUT2D eigenvalue weighted by Gasteiger charge is -2.16. The van der Waals surface area contributed by atoms with Gasteiger partial charge in [0.1, 0.15) is 0 Å². The molecule has 2 N–H and O–H groups in total. The second kappa shape index (κ2) is 5.95. The normalized spacial score (nSPS) is 15.8. The van der Waals surface area contributed by atoms with Crippen molar-refractivity contribution in [3.8, 4) is 0 Å². The minimum absolute atomic E-state index is 0.0370. The van der Waals surface area contributed by atoms with Gasteiger partial charge in [-0.1, -0.05) is 28.1 Å². The summed E-state index contributed by atoms with van der Waals surface area (Å²) >= 11 is 3.39. The summed E-state index contributed by atoms with van der Waals surface area (Å²) in [5.41, 5.74) is 0.584. The van der Waals surface area contributed by atoms with E-state index in [4.69, 9.17) is 0 Å². The van der Waals surface area contributed by atoms with Crippen LogP contribution >= 0.6 is 15.9 Å². The van der Waals surface area contributed by atoms with Crippen LogP contribution in [0.2, 0.25) is 0 Å². The molecule has 20 heavy (non-hydrogen) atoms. The molecule has 4 nitrogen and oxygen atoms in total. The zero-order chi connectivity index (χ0) is 14.8. The van der Waals surface area contributed by atoms with Gasteiger partial charge in [-0.25, -0.2) is 0 Å². The number of carbonyl (C=O) groups excluding carboxylic acids is 2. The van der Waals surface area contributed by atoms with Crippen LogP contribution in [-0.4, -0.2) is 24.4 Å². The number of halogens is 1. The van der Waals surface area contributed by atoms with E-state index in [1.807, 2.05) is 38.1 Å². The van der Waals surface area contributed by atoms with Crippen molar-refractivity contribution >= 4 is 27.7 Å². The van der Waals surface area contributed by atoms with Crippen molar-refractivity contribution in [1.29, 1.82) is 0 Å². The Morgan fingerprint density at radius 1 is 1.25 bits per heavy atom. The van der Waals surface area contributed by atoms with Gasteiger partial charge in [0.05, 0.1) is 12.0 Å². The summed E-state index contributed by atoms with van der Waals surface area (Å²) in [7, 11) is 0. The molecule has 0 spiro atoms. The maximum atomic E-state index is 12.3. The minimum Gasteiger partial charge on any atom is -0.352 e. The van der Waals surface area contributed by atoms with Crippen molar-refractivity contribution in [2.75, 3.05) is 6.54 Å². The van der Waals surface area contributed by atoms with Gasteiger partial charge in [-0.2, -0.15) is 0 Å². The number of carbonyl (C=O) groups is 2. The summed E-state index contributed by atoms with van der Waals surface area (Å²) in [5.74, 6) is -0.210. The number of nitrogens with one attached hydrogen (secondary N) is 2. The molecule has 0 aliphatic heterocycles. The minimum atomic E-state index is -0.432. The van der Waals surface area contributed by atoms with Crippen LogP contribution in [0.15, 0.2) is 28.7 Å². The highest BCUT2D eigenvalue weighted by atomic mass is 79.9. The smallest absolute Gasteiger partial charge is 0.239 e. The molecule has 2 rings (SSSR count). The summed E-state index contributed by atoms with van der Waals surface area (Å²) in [6.45, 7) is 3.82. The Hall–Kier alpha value is -1.36. The number of benzene rings is 1. The van der Waals surface area contributed by atoms with E-state index in [9.17, 15) is 9.59 Å². The van der Waals surface area contributed by atoms with Crippen LogP contribution < -0.4 is 10.6 Å². The quantitative estimate of drug-likeness (QED) is 0.863. The van der Waals surface area contributed by atoms with E-state index in [2.05, 4.69) is 26.6 Å². The largest absolute Gasteiger partial charge is 0.352 e. The fourth-order valence-corrected chi connectivity index (χ4v) is 2.51. The summed E-state index contributed by atoms with van der Waals surface area (Å²) in [6, 6.07) is 7.89. The lowest BCUT2D eigenvalue weighted by molar-refractivity contribution is -0.127. The fraction of sp³-hybridized carbons (Fsp3) is 0.467. The molecule has 2 amide bonds. The average Bonchev–Trinajstić information content (AvgIpc) is 3.17. The van der Waals surface area contributed by atoms with E-state index in [-0.39, 0.29) is 24.4 Å². The number of hydrogen-bond acceptors (Lipinski definition) is 2. The van der Waals surface area contributed by atoms with E-state index in [0.717, 1.165) is 22.9 Å². The Labute approximate surface area is 127 Å². The molecule has 108 valence electrons. The van der Waals surface area contributed by atoms with Gasteiger partial charge in [-0.05, 0) is 44.4 Å². The standard InChI is InChI=1S/C15H19BrN2O2/c1-10(2)18-13(19)9-17-14(20)15(7-8-15)11-3-5-12(16)6-4-11/h3-6,10H,7-9H2,1-2H3,(H,17,20)(H,18,19). The Morgan fingerprint density at radius 2 is 1.85 bits per heavy atom. The van der Waals surface area contributed by atoms with Crippen LogP contribution in [-0.2, 0) is 15.0 Å². The second-order valence-corrected chi connectivity index (χ2v) is 6.41. The van der Waals surface area contributed by atoms with Crippen molar-refractivity contribution in [2.24, 2.45) is 0 Å². The number of amides is 2. The van der Waals surface area contributed by atoms with Gasteiger partial charge >= 0.3 is 0 Å². The summed E-state index contributed by atoms with van der Waals surface area (Å²) in [4.78, 5) is 23.9. The number of rotatable bonds is 5. The highest BCUT2D eigenvalue weighted by molar-refractivity contribution is 9.10. The van der Waals surface area contributed by atoms with Crippen LogP contribution in [0.3, 0.4) is 0 Å². The maximum Gasteiger partial charge on any atom is 0.239 e. The average molecular weight is 339 g/mol. The van der Waals surface area contributed by atoms with Gasteiger partial charge in [-0.15, -0.1) is 0 Å². The molecule has 0 aromatic heterocycles. The van der Waals surface area contributed by atoms with Gasteiger partial charge in [0.25, 0.3) is 0 Å². The third kappa shape index (κ3) is 3.39. The monoisotopic (exact) mass is 338 g/mol. The summed E-state index contributed by atoms with van der Waals surface area (Å²) in [5, 5.41) is 5.50. The molecule has 1 aromatic carbocycles. The third-order valence-electron chi connectivity index (χ3n) is 3.44. The van der Waals surface area contributed by atoms with Gasteiger partial charge in [-0.3, -0.25) is 9.59 Å². The highest BCUT2D eigenvalue weighted by Crippen LogP contribution is 2.48. The lowest BCUT2D eigenvalue weighted by Crippen LogP contribution is -2.43. The first-order valence-electron chi connectivity index (χ1n) is 6.78. The van der Waals surface area contributed by atoms with Crippen molar-refractivity contribution in [3.63, 3.8) is 0 Å². The summed E-state index contributed by atoms with van der Waals surface area (Å²) < 4.78 is 0.994. The molecular weight excluding hydrogens is 320 g/mol. The predicted molar refractivity (Wildman–Crippen MR) is 81.3 cm³/mol. The Balaban J connectivity index is 1.95. The Kier molecular flexibility index (Phi) is 4.48. The molecule has 0 radical (unpaired) electrons. The second-order valence-electron chi connectivity index (χ2n) is 5.49. The van der Waals surface area contributed by atoms with E-state index >= 15 is 0 Å². The van der Waals surface area contributed by atoms with Crippen LogP contribution in [0, 0.1) is 0 Å². The summed E-state index contributed by atoms with van der Waals surface area (Å²) in [6.07, 6.45) is 1.68. The van der Waals surface area contributed by atoms with E-state index < -0.39 is 5.41 Å². The lowest BCUT2D eigenvalue weighted by atomic mass is 9.95. The van der Waals surface area contributed by atoms with Gasteiger partial charge in [0, 0.05) is 10.5 Å². The maximum absolute atomic E-state index is 12.3. The molecule has 1 aromatic rings. The molecular formula is C15H19BrN2O2. The molecule has 0 bridgehead atoms. The molecule has 0 heterocycles.